The molecule has 4 heteroatoms. The molecule has 2 atom stereocenters. The van der Waals surface area contributed by atoms with Gasteiger partial charge in [0.2, 0.25) is 0 Å². The van der Waals surface area contributed by atoms with Crippen LogP contribution in [-0.4, -0.2) is 18.6 Å². The van der Waals surface area contributed by atoms with Crippen molar-refractivity contribution in [3.63, 3.8) is 0 Å². The average Bonchev–Trinajstić information content (AvgIpc) is 2.22. The largest absolute Gasteiger partial charge is 0.368 e. The first kappa shape index (κ1) is 12.4. The maximum absolute atomic E-state index is 5.99. The van der Waals surface area contributed by atoms with Crippen LogP contribution < -0.4 is 10.6 Å². The lowest BCUT2D eigenvalue weighted by Gasteiger charge is -2.38. The zero-order valence-corrected chi connectivity index (χ0v) is 12.5. The molecule has 1 aliphatic heterocycles. The highest BCUT2D eigenvalue weighted by Crippen LogP contribution is 2.33. The fraction of sp³-hybridized carbons (Fsp3) is 0.500. The quantitative estimate of drug-likeness (QED) is 0.842. The van der Waals surface area contributed by atoms with Gasteiger partial charge >= 0.3 is 0 Å². The first-order valence-corrected chi connectivity index (χ1v) is 7.14. The van der Waals surface area contributed by atoms with Crippen LogP contribution in [0.15, 0.2) is 27.1 Å². The van der Waals surface area contributed by atoms with Crippen molar-refractivity contribution in [1.29, 1.82) is 0 Å². The predicted octanol–water partition coefficient (Wildman–Crippen LogP) is 3.53. The second-order valence-electron chi connectivity index (χ2n) is 4.42. The van der Waals surface area contributed by atoms with Gasteiger partial charge in [-0.1, -0.05) is 15.9 Å². The number of hydrogen-bond acceptors (Lipinski definition) is 2. The monoisotopic (exact) mass is 346 g/mol. The third kappa shape index (κ3) is 2.60. The molecule has 0 saturated carbocycles. The number of anilines is 1. The summed E-state index contributed by atoms with van der Waals surface area (Å²) in [6.07, 6.45) is 2.14. The van der Waals surface area contributed by atoms with Crippen LogP contribution in [-0.2, 0) is 0 Å². The van der Waals surface area contributed by atoms with Gasteiger partial charge in [0, 0.05) is 27.6 Å². The molecule has 2 nitrogen and oxygen atoms in total. The molecular formula is C12H16Br2N2. The van der Waals surface area contributed by atoms with Crippen LogP contribution >= 0.6 is 31.9 Å². The topological polar surface area (TPSA) is 29.3 Å². The number of piperidine rings is 1. The molecule has 0 spiro atoms. The van der Waals surface area contributed by atoms with Gasteiger partial charge in [0.25, 0.3) is 0 Å². The lowest BCUT2D eigenvalue weighted by molar-refractivity contribution is 0.429. The van der Waals surface area contributed by atoms with Gasteiger partial charge in [-0.15, -0.1) is 0 Å². The smallest absolute Gasteiger partial charge is 0.0524 e. The summed E-state index contributed by atoms with van der Waals surface area (Å²) in [5, 5.41) is 0. The standard InChI is InChI=1S/C12H16Br2N2/c1-8-6-10(15)4-5-16(8)12-7-9(13)2-3-11(12)14/h2-3,7-8,10H,4-6,15H2,1H3. The van der Waals surface area contributed by atoms with Crippen LogP contribution in [0.5, 0.6) is 0 Å². The van der Waals surface area contributed by atoms with Gasteiger partial charge in [0.05, 0.1) is 5.69 Å². The molecule has 0 amide bonds. The SMILES string of the molecule is CC1CC(N)CCN1c1cc(Br)ccc1Br. The minimum atomic E-state index is 0.358. The molecule has 0 aliphatic carbocycles. The Morgan fingerprint density at radius 3 is 2.81 bits per heavy atom. The highest BCUT2D eigenvalue weighted by molar-refractivity contribution is 9.11. The molecule has 16 heavy (non-hydrogen) atoms. The van der Waals surface area contributed by atoms with Crippen molar-refractivity contribution in [2.75, 3.05) is 11.4 Å². The Kier molecular flexibility index (Phi) is 3.93. The highest BCUT2D eigenvalue weighted by atomic mass is 79.9. The zero-order chi connectivity index (χ0) is 11.7. The van der Waals surface area contributed by atoms with Crippen LogP contribution in [0.4, 0.5) is 5.69 Å². The van der Waals surface area contributed by atoms with E-state index < -0.39 is 0 Å². The molecule has 88 valence electrons. The fourth-order valence-corrected chi connectivity index (χ4v) is 3.10. The summed E-state index contributed by atoms with van der Waals surface area (Å²) in [6.45, 7) is 3.28. The van der Waals surface area contributed by atoms with Gasteiger partial charge in [0.15, 0.2) is 0 Å². The van der Waals surface area contributed by atoms with E-state index in [4.69, 9.17) is 5.73 Å². The van der Waals surface area contributed by atoms with E-state index in [0.717, 1.165) is 28.3 Å². The van der Waals surface area contributed by atoms with Crippen LogP contribution in [0.25, 0.3) is 0 Å². The van der Waals surface area contributed by atoms with Gasteiger partial charge in [-0.2, -0.15) is 0 Å². The Balaban J connectivity index is 2.26. The van der Waals surface area contributed by atoms with E-state index in [2.05, 4.69) is 55.8 Å². The molecule has 2 rings (SSSR count). The fourth-order valence-electron chi connectivity index (χ4n) is 2.27. The molecular weight excluding hydrogens is 332 g/mol. The molecule has 0 radical (unpaired) electrons. The van der Waals surface area contributed by atoms with Crippen molar-refractivity contribution < 1.29 is 0 Å². The van der Waals surface area contributed by atoms with Crippen molar-refractivity contribution in [3.05, 3.63) is 27.1 Å². The summed E-state index contributed by atoms with van der Waals surface area (Å²) in [7, 11) is 0. The summed E-state index contributed by atoms with van der Waals surface area (Å²) in [5.41, 5.74) is 7.24. The summed E-state index contributed by atoms with van der Waals surface area (Å²) < 4.78 is 2.27. The van der Waals surface area contributed by atoms with Crippen molar-refractivity contribution in [3.8, 4) is 0 Å². The maximum Gasteiger partial charge on any atom is 0.0524 e. The normalized spacial score (nSPS) is 25.9. The Morgan fingerprint density at radius 2 is 2.12 bits per heavy atom. The van der Waals surface area contributed by atoms with Crippen molar-refractivity contribution in [2.45, 2.75) is 31.8 Å². The van der Waals surface area contributed by atoms with Crippen molar-refractivity contribution in [2.24, 2.45) is 5.73 Å². The van der Waals surface area contributed by atoms with E-state index in [0.29, 0.717) is 12.1 Å². The van der Waals surface area contributed by atoms with Crippen LogP contribution in [0.3, 0.4) is 0 Å². The molecule has 0 aromatic heterocycles. The van der Waals surface area contributed by atoms with E-state index in [1.165, 1.54) is 5.69 Å². The number of benzene rings is 1. The number of nitrogens with zero attached hydrogens (tertiary/aromatic N) is 1. The Labute approximate surface area is 113 Å². The van der Waals surface area contributed by atoms with E-state index >= 15 is 0 Å². The summed E-state index contributed by atoms with van der Waals surface area (Å²) in [6, 6.07) is 7.16. The highest BCUT2D eigenvalue weighted by Gasteiger charge is 2.24. The first-order chi connectivity index (χ1) is 7.58. The van der Waals surface area contributed by atoms with Gasteiger partial charge in [0.1, 0.15) is 0 Å². The van der Waals surface area contributed by atoms with Gasteiger partial charge < -0.3 is 10.6 Å². The van der Waals surface area contributed by atoms with Gasteiger partial charge in [-0.3, -0.25) is 0 Å². The maximum atomic E-state index is 5.99. The predicted molar refractivity (Wildman–Crippen MR) is 75.9 cm³/mol. The summed E-state index contributed by atoms with van der Waals surface area (Å²) >= 11 is 7.14. The molecule has 2 N–H and O–H groups in total. The van der Waals surface area contributed by atoms with Crippen LogP contribution in [0.1, 0.15) is 19.8 Å². The summed E-state index contributed by atoms with van der Waals surface area (Å²) in [5.74, 6) is 0. The first-order valence-electron chi connectivity index (χ1n) is 5.55. The van der Waals surface area contributed by atoms with Gasteiger partial charge in [-0.05, 0) is 53.9 Å². The Hall–Kier alpha value is -0.0600. The van der Waals surface area contributed by atoms with E-state index in [9.17, 15) is 0 Å². The van der Waals surface area contributed by atoms with Crippen molar-refractivity contribution in [1.82, 2.24) is 0 Å². The number of halogens is 2. The van der Waals surface area contributed by atoms with Gasteiger partial charge in [-0.25, -0.2) is 0 Å². The number of nitrogens with two attached hydrogens (primary N) is 1. The average molecular weight is 348 g/mol. The minimum absolute atomic E-state index is 0.358. The molecule has 1 aliphatic rings. The Bertz CT molecular complexity index is 381. The van der Waals surface area contributed by atoms with Crippen molar-refractivity contribution >= 4 is 37.5 Å². The zero-order valence-electron chi connectivity index (χ0n) is 9.29. The number of hydrogen-bond donors (Lipinski definition) is 1. The van der Waals surface area contributed by atoms with E-state index in [1.54, 1.807) is 0 Å². The third-order valence-corrected chi connectivity index (χ3v) is 4.30. The second-order valence-corrected chi connectivity index (χ2v) is 6.19. The molecule has 1 aromatic rings. The second kappa shape index (κ2) is 5.07. The van der Waals surface area contributed by atoms with Crippen LogP contribution in [0.2, 0.25) is 0 Å². The molecule has 1 aromatic carbocycles. The van der Waals surface area contributed by atoms with Crippen LogP contribution in [0, 0.1) is 0 Å². The lowest BCUT2D eigenvalue weighted by Crippen LogP contribution is -2.45. The molecule has 2 unspecified atom stereocenters. The van der Waals surface area contributed by atoms with E-state index in [-0.39, 0.29) is 0 Å². The minimum Gasteiger partial charge on any atom is -0.368 e. The summed E-state index contributed by atoms with van der Waals surface area (Å²) in [4.78, 5) is 2.43. The molecule has 1 heterocycles. The Morgan fingerprint density at radius 1 is 1.38 bits per heavy atom. The van der Waals surface area contributed by atoms with E-state index in [1.807, 2.05) is 6.07 Å². The number of rotatable bonds is 1. The molecule has 1 fully saturated rings. The molecule has 0 bridgehead atoms. The third-order valence-electron chi connectivity index (χ3n) is 3.13. The molecule has 1 saturated heterocycles. The lowest BCUT2D eigenvalue weighted by atomic mass is 9.98.